The molecule has 2 heterocycles. The van der Waals surface area contributed by atoms with Gasteiger partial charge in [-0.15, -0.1) is 0 Å². The summed E-state index contributed by atoms with van der Waals surface area (Å²) in [7, 11) is 0. The van der Waals surface area contributed by atoms with Crippen molar-refractivity contribution in [3.63, 3.8) is 0 Å². The SMILES string of the molecule is C/C(=C1/S/C(=N/c2cccc(C)n2)N(c2ccccc2)C1=O)c1ccc([N+](=O)[O-])cc1. The number of nitrogens with zero attached hydrogens (tertiary/aromatic N) is 4. The van der Waals surface area contributed by atoms with Crippen LogP contribution in [-0.4, -0.2) is 21.0 Å². The predicted octanol–water partition coefficient (Wildman–Crippen LogP) is 5.50. The Morgan fingerprint density at radius 2 is 1.74 bits per heavy atom. The van der Waals surface area contributed by atoms with E-state index in [2.05, 4.69) is 9.98 Å². The van der Waals surface area contributed by atoms with Crippen LogP contribution in [0.1, 0.15) is 18.2 Å². The summed E-state index contributed by atoms with van der Waals surface area (Å²) in [5.74, 6) is 0.323. The number of aliphatic imine (C=N–C) groups is 1. The van der Waals surface area contributed by atoms with Gasteiger partial charge in [-0.1, -0.05) is 24.3 Å². The van der Waals surface area contributed by atoms with Gasteiger partial charge in [0.15, 0.2) is 11.0 Å². The molecule has 0 N–H and O–H groups in total. The standard InChI is InChI=1S/C23H18N4O3S/c1-15-7-6-10-20(24-15)25-23-26(18-8-4-3-5-9-18)22(28)21(31-23)16(2)17-11-13-19(14-12-17)27(29)30/h3-14H,1-2H3/b21-16-,25-23+. The van der Waals surface area contributed by atoms with E-state index < -0.39 is 4.92 Å². The van der Waals surface area contributed by atoms with Gasteiger partial charge in [-0.3, -0.25) is 19.8 Å². The van der Waals surface area contributed by atoms with Gasteiger partial charge in [0.25, 0.3) is 11.6 Å². The van der Waals surface area contributed by atoms with Crippen molar-refractivity contribution < 1.29 is 9.72 Å². The van der Waals surface area contributed by atoms with Crippen molar-refractivity contribution in [2.24, 2.45) is 4.99 Å². The van der Waals surface area contributed by atoms with Crippen LogP contribution in [0.5, 0.6) is 0 Å². The van der Waals surface area contributed by atoms with Crippen molar-refractivity contribution >= 4 is 45.6 Å². The Morgan fingerprint density at radius 3 is 2.39 bits per heavy atom. The minimum atomic E-state index is -0.446. The van der Waals surface area contributed by atoms with E-state index in [1.54, 1.807) is 23.1 Å². The maximum Gasteiger partial charge on any atom is 0.271 e. The van der Waals surface area contributed by atoms with E-state index in [-0.39, 0.29) is 11.6 Å². The van der Waals surface area contributed by atoms with Crippen LogP contribution in [0.25, 0.3) is 5.57 Å². The predicted molar refractivity (Wildman–Crippen MR) is 123 cm³/mol. The lowest BCUT2D eigenvalue weighted by Gasteiger charge is -2.15. The number of anilines is 1. The highest BCUT2D eigenvalue weighted by Gasteiger charge is 2.36. The molecule has 4 rings (SSSR count). The van der Waals surface area contributed by atoms with E-state index in [4.69, 9.17) is 0 Å². The number of carbonyl (C=O) groups excluding carboxylic acids is 1. The second-order valence-corrected chi connectivity index (χ2v) is 7.85. The Morgan fingerprint density at radius 1 is 1.03 bits per heavy atom. The van der Waals surface area contributed by atoms with Gasteiger partial charge in [0.2, 0.25) is 0 Å². The smallest absolute Gasteiger partial charge is 0.268 e. The number of amides is 1. The van der Waals surface area contributed by atoms with Crippen molar-refractivity contribution in [2.45, 2.75) is 13.8 Å². The molecule has 0 bridgehead atoms. The average molecular weight is 430 g/mol. The number of para-hydroxylation sites is 1. The summed E-state index contributed by atoms with van der Waals surface area (Å²) < 4.78 is 0. The number of amidine groups is 1. The summed E-state index contributed by atoms with van der Waals surface area (Å²) in [6.07, 6.45) is 0. The highest BCUT2D eigenvalue weighted by Crippen LogP contribution is 2.40. The van der Waals surface area contributed by atoms with Gasteiger partial charge in [0, 0.05) is 17.8 Å². The molecule has 154 valence electrons. The highest BCUT2D eigenvalue weighted by atomic mass is 32.2. The third kappa shape index (κ3) is 4.24. The first-order valence-electron chi connectivity index (χ1n) is 9.49. The number of aromatic nitrogens is 1. The van der Waals surface area contributed by atoms with Gasteiger partial charge in [-0.2, -0.15) is 0 Å². The molecule has 0 atom stereocenters. The largest absolute Gasteiger partial charge is 0.271 e. The number of benzene rings is 2. The first-order chi connectivity index (χ1) is 14.9. The van der Waals surface area contributed by atoms with E-state index in [0.29, 0.717) is 21.6 Å². The second kappa shape index (κ2) is 8.53. The fourth-order valence-electron chi connectivity index (χ4n) is 3.14. The Hall–Kier alpha value is -3.78. The maximum absolute atomic E-state index is 13.4. The lowest BCUT2D eigenvalue weighted by molar-refractivity contribution is -0.384. The topological polar surface area (TPSA) is 88.7 Å². The lowest BCUT2D eigenvalue weighted by Crippen LogP contribution is -2.28. The van der Waals surface area contributed by atoms with Crippen LogP contribution >= 0.6 is 11.8 Å². The lowest BCUT2D eigenvalue weighted by atomic mass is 10.1. The molecule has 0 spiro atoms. The Bertz CT molecular complexity index is 1220. The zero-order chi connectivity index (χ0) is 22.0. The summed E-state index contributed by atoms with van der Waals surface area (Å²) in [5.41, 5.74) is 3.02. The molecule has 2 aromatic carbocycles. The molecule has 7 nitrogen and oxygen atoms in total. The van der Waals surface area contributed by atoms with Crippen LogP contribution < -0.4 is 4.90 Å². The zero-order valence-electron chi connectivity index (χ0n) is 16.9. The summed E-state index contributed by atoms with van der Waals surface area (Å²) in [5, 5.41) is 11.4. The van der Waals surface area contributed by atoms with Crippen molar-refractivity contribution in [3.05, 3.63) is 99.1 Å². The van der Waals surface area contributed by atoms with Crippen LogP contribution in [0.3, 0.4) is 0 Å². The van der Waals surface area contributed by atoms with Crippen LogP contribution in [-0.2, 0) is 4.79 Å². The van der Waals surface area contributed by atoms with Crippen LogP contribution in [0.2, 0.25) is 0 Å². The van der Waals surface area contributed by atoms with Crippen molar-refractivity contribution in [2.75, 3.05) is 4.90 Å². The van der Waals surface area contributed by atoms with Crippen LogP contribution in [0.15, 0.2) is 82.7 Å². The maximum atomic E-state index is 13.4. The zero-order valence-corrected chi connectivity index (χ0v) is 17.7. The van der Waals surface area contributed by atoms with Crippen molar-refractivity contribution in [3.8, 4) is 0 Å². The molecule has 1 saturated heterocycles. The third-order valence-electron chi connectivity index (χ3n) is 4.73. The first kappa shape index (κ1) is 20.5. The molecular formula is C23H18N4O3S. The molecule has 1 amide bonds. The van der Waals surface area contributed by atoms with E-state index in [9.17, 15) is 14.9 Å². The molecule has 8 heteroatoms. The molecule has 31 heavy (non-hydrogen) atoms. The minimum absolute atomic E-state index is 0.00522. The molecule has 0 radical (unpaired) electrons. The van der Waals surface area contributed by atoms with Gasteiger partial charge >= 0.3 is 0 Å². The fourth-order valence-corrected chi connectivity index (χ4v) is 4.19. The average Bonchev–Trinajstić information content (AvgIpc) is 3.09. The molecule has 1 aliphatic rings. The van der Waals surface area contributed by atoms with E-state index in [1.165, 1.54) is 23.9 Å². The Labute approximate surface area is 183 Å². The van der Waals surface area contributed by atoms with E-state index in [0.717, 1.165) is 16.8 Å². The third-order valence-corrected chi connectivity index (χ3v) is 5.87. The van der Waals surface area contributed by atoms with Gasteiger partial charge in [0.1, 0.15) is 0 Å². The monoisotopic (exact) mass is 430 g/mol. The van der Waals surface area contributed by atoms with E-state index in [1.807, 2.05) is 56.3 Å². The van der Waals surface area contributed by atoms with Crippen molar-refractivity contribution in [1.29, 1.82) is 0 Å². The summed E-state index contributed by atoms with van der Waals surface area (Å²) >= 11 is 1.27. The van der Waals surface area contributed by atoms with E-state index >= 15 is 0 Å². The molecule has 0 aliphatic carbocycles. The number of pyridine rings is 1. The number of rotatable bonds is 4. The second-order valence-electron chi connectivity index (χ2n) is 6.87. The number of nitro benzene ring substituents is 1. The molecule has 1 aliphatic heterocycles. The number of hydrogen-bond acceptors (Lipinski definition) is 6. The number of hydrogen-bond donors (Lipinski definition) is 0. The summed E-state index contributed by atoms with van der Waals surface area (Å²) in [6.45, 7) is 3.72. The molecule has 3 aromatic rings. The molecule has 1 aromatic heterocycles. The number of non-ortho nitro benzene ring substituents is 1. The minimum Gasteiger partial charge on any atom is -0.268 e. The number of carbonyl (C=O) groups is 1. The molecule has 1 fully saturated rings. The number of allylic oxidation sites excluding steroid dienone is 1. The van der Waals surface area contributed by atoms with Gasteiger partial charge in [0.05, 0.1) is 15.5 Å². The number of aryl methyl sites for hydroxylation is 1. The Kier molecular flexibility index (Phi) is 5.64. The van der Waals surface area contributed by atoms with Crippen LogP contribution in [0, 0.1) is 17.0 Å². The number of nitro groups is 1. The van der Waals surface area contributed by atoms with Gasteiger partial charge < -0.3 is 0 Å². The quantitative estimate of drug-likeness (QED) is 0.310. The highest BCUT2D eigenvalue weighted by molar-refractivity contribution is 8.19. The molecular weight excluding hydrogens is 412 g/mol. The number of thioether (sulfide) groups is 1. The van der Waals surface area contributed by atoms with Crippen LogP contribution in [0.4, 0.5) is 17.2 Å². The molecule has 0 unspecified atom stereocenters. The normalized spacial score (nSPS) is 16.6. The first-order valence-corrected chi connectivity index (χ1v) is 10.3. The fraction of sp³-hybridized carbons (Fsp3) is 0.0870. The van der Waals surface area contributed by atoms with Gasteiger partial charge in [-0.25, -0.2) is 9.98 Å². The van der Waals surface area contributed by atoms with Crippen molar-refractivity contribution in [1.82, 2.24) is 4.98 Å². The molecule has 0 saturated carbocycles. The summed E-state index contributed by atoms with van der Waals surface area (Å²) in [6, 6.07) is 21.0. The Balaban J connectivity index is 1.79. The van der Waals surface area contributed by atoms with Gasteiger partial charge in [-0.05, 0) is 73.1 Å². The summed E-state index contributed by atoms with van der Waals surface area (Å²) in [4.78, 5) is 35.0.